The van der Waals surface area contributed by atoms with Crippen LogP contribution in [-0.2, 0) is 6.42 Å². The van der Waals surface area contributed by atoms with Crippen LogP contribution in [0.1, 0.15) is 44.6 Å². The lowest BCUT2D eigenvalue weighted by Gasteiger charge is -2.05. The molecular formula is C14H21FO. The highest BCUT2D eigenvalue weighted by Gasteiger charge is 2.02. The fourth-order valence-corrected chi connectivity index (χ4v) is 1.80. The van der Waals surface area contributed by atoms with Crippen molar-refractivity contribution in [2.24, 2.45) is 0 Å². The number of methoxy groups -OCH3 is 1. The summed E-state index contributed by atoms with van der Waals surface area (Å²) < 4.78 is 18.2. The van der Waals surface area contributed by atoms with Gasteiger partial charge >= 0.3 is 0 Å². The zero-order valence-corrected chi connectivity index (χ0v) is 10.3. The van der Waals surface area contributed by atoms with Crippen LogP contribution in [-0.4, -0.2) is 7.11 Å². The zero-order chi connectivity index (χ0) is 11.8. The standard InChI is InChI=1S/C14H21FO/c1-3-4-5-6-7-8-12-9-10-14(16-2)13(15)11-12/h9-11H,3-8H2,1-2H3. The van der Waals surface area contributed by atoms with Gasteiger partial charge in [-0.3, -0.25) is 0 Å². The molecule has 0 saturated heterocycles. The largest absolute Gasteiger partial charge is 0.494 e. The maximum absolute atomic E-state index is 13.4. The molecule has 2 heteroatoms. The van der Waals surface area contributed by atoms with Gasteiger partial charge in [-0.25, -0.2) is 4.39 Å². The van der Waals surface area contributed by atoms with Crippen molar-refractivity contribution in [3.05, 3.63) is 29.6 Å². The summed E-state index contributed by atoms with van der Waals surface area (Å²) in [5, 5.41) is 0. The quantitative estimate of drug-likeness (QED) is 0.626. The Bertz CT molecular complexity index is 310. The molecule has 0 N–H and O–H groups in total. The van der Waals surface area contributed by atoms with E-state index in [9.17, 15) is 4.39 Å². The minimum absolute atomic E-state index is 0.256. The second kappa shape index (κ2) is 7.26. The molecule has 0 atom stereocenters. The molecule has 16 heavy (non-hydrogen) atoms. The third-order valence-electron chi connectivity index (χ3n) is 2.79. The average Bonchev–Trinajstić information content (AvgIpc) is 2.29. The van der Waals surface area contributed by atoms with Crippen LogP contribution in [0.2, 0.25) is 0 Å². The molecule has 0 fully saturated rings. The Hall–Kier alpha value is -1.05. The summed E-state index contributed by atoms with van der Waals surface area (Å²) in [5.41, 5.74) is 1.06. The first-order chi connectivity index (χ1) is 7.77. The van der Waals surface area contributed by atoms with Gasteiger partial charge in [0.05, 0.1) is 7.11 Å². The number of halogens is 1. The summed E-state index contributed by atoms with van der Waals surface area (Å²) in [6.07, 6.45) is 7.20. The second-order valence-electron chi connectivity index (χ2n) is 4.13. The van der Waals surface area contributed by atoms with E-state index < -0.39 is 0 Å². The fraction of sp³-hybridized carbons (Fsp3) is 0.571. The predicted molar refractivity (Wildman–Crippen MR) is 65.4 cm³/mol. The van der Waals surface area contributed by atoms with Crippen LogP contribution in [0.5, 0.6) is 5.75 Å². The monoisotopic (exact) mass is 224 g/mol. The van der Waals surface area contributed by atoms with Crippen molar-refractivity contribution in [2.45, 2.75) is 45.4 Å². The third kappa shape index (κ3) is 4.21. The van der Waals surface area contributed by atoms with Gasteiger partial charge in [-0.05, 0) is 30.5 Å². The van der Waals surface area contributed by atoms with Crippen LogP contribution in [0.3, 0.4) is 0 Å². The summed E-state index contributed by atoms with van der Waals surface area (Å²) >= 11 is 0. The molecule has 0 unspecified atom stereocenters. The molecule has 0 radical (unpaired) electrons. The molecule has 0 aliphatic heterocycles. The van der Waals surface area contributed by atoms with Gasteiger partial charge in [-0.15, -0.1) is 0 Å². The molecule has 1 rings (SSSR count). The van der Waals surface area contributed by atoms with Crippen molar-refractivity contribution < 1.29 is 9.13 Å². The fourth-order valence-electron chi connectivity index (χ4n) is 1.80. The van der Waals surface area contributed by atoms with Crippen molar-refractivity contribution in [1.29, 1.82) is 0 Å². The first-order valence-corrected chi connectivity index (χ1v) is 6.10. The number of aryl methyl sites for hydroxylation is 1. The zero-order valence-electron chi connectivity index (χ0n) is 10.3. The van der Waals surface area contributed by atoms with Gasteiger partial charge < -0.3 is 4.74 Å². The van der Waals surface area contributed by atoms with E-state index in [-0.39, 0.29) is 5.82 Å². The summed E-state index contributed by atoms with van der Waals surface area (Å²) in [6, 6.07) is 5.23. The van der Waals surface area contributed by atoms with Gasteiger partial charge in [0.2, 0.25) is 0 Å². The smallest absolute Gasteiger partial charge is 0.165 e. The number of hydrogen-bond acceptors (Lipinski definition) is 1. The van der Waals surface area contributed by atoms with Crippen LogP contribution >= 0.6 is 0 Å². The molecule has 1 aromatic rings. The highest BCUT2D eigenvalue weighted by atomic mass is 19.1. The van der Waals surface area contributed by atoms with Gasteiger partial charge in [0.1, 0.15) is 0 Å². The molecule has 0 saturated carbocycles. The van der Waals surface area contributed by atoms with E-state index in [1.54, 1.807) is 12.1 Å². The Kier molecular flexibility index (Phi) is 5.91. The SMILES string of the molecule is CCCCCCCc1ccc(OC)c(F)c1. The van der Waals surface area contributed by atoms with E-state index in [1.165, 1.54) is 32.8 Å². The number of hydrogen-bond donors (Lipinski definition) is 0. The average molecular weight is 224 g/mol. The van der Waals surface area contributed by atoms with Crippen molar-refractivity contribution in [2.75, 3.05) is 7.11 Å². The Balaban J connectivity index is 2.34. The highest BCUT2D eigenvalue weighted by Crippen LogP contribution is 2.19. The van der Waals surface area contributed by atoms with E-state index in [2.05, 4.69) is 6.92 Å². The molecule has 1 aromatic carbocycles. The Morgan fingerprint density at radius 2 is 1.88 bits per heavy atom. The summed E-state index contributed by atoms with van der Waals surface area (Å²) in [4.78, 5) is 0. The number of ether oxygens (including phenoxy) is 1. The molecule has 0 heterocycles. The summed E-state index contributed by atoms with van der Waals surface area (Å²) in [5.74, 6) is 0.0725. The molecule has 0 spiro atoms. The molecular weight excluding hydrogens is 203 g/mol. The van der Waals surface area contributed by atoms with Crippen LogP contribution in [0, 0.1) is 5.82 Å². The lowest BCUT2D eigenvalue weighted by molar-refractivity contribution is 0.386. The molecule has 0 amide bonds. The minimum Gasteiger partial charge on any atom is -0.494 e. The lowest BCUT2D eigenvalue weighted by Crippen LogP contribution is -1.91. The normalized spacial score (nSPS) is 10.4. The molecule has 1 nitrogen and oxygen atoms in total. The summed E-state index contributed by atoms with van der Waals surface area (Å²) in [7, 11) is 1.49. The number of benzene rings is 1. The molecule has 0 bridgehead atoms. The van der Waals surface area contributed by atoms with Crippen molar-refractivity contribution >= 4 is 0 Å². The van der Waals surface area contributed by atoms with Gasteiger partial charge in [0, 0.05) is 0 Å². The number of unbranched alkanes of at least 4 members (excludes halogenated alkanes) is 4. The van der Waals surface area contributed by atoms with Gasteiger partial charge in [-0.2, -0.15) is 0 Å². The van der Waals surface area contributed by atoms with Crippen molar-refractivity contribution in [3.8, 4) is 5.75 Å². The van der Waals surface area contributed by atoms with E-state index in [1.807, 2.05) is 6.07 Å². The highest BCUT2D eigenvalue weighted by molar-refractivity contribution is 5.29. The van der Waals surface area contributed by atoms with Crippen molar-refractivity contribution in [3.63, 3.8) is 0 Å². The van der Waals surface area contributed by atoms with Crippen LogP contribution < -0.4 is 4.74 Å². The van der Waals surface area contributed by atoms with Gasteiger partial charge in [-0.1, -0.05) is 38.7 Å². The predicted octanol–water partition coefficient (Wildman–Crippen LogP) is 4.35. The Labute approximate surface area is 97.6 Å². The maximum Gasteiger partial charge on any atom is 0.165 e. The van der Waals surface area contributed by atoms with E-state index >= 15 is 0 Å². The molecule has 0 aliphatic rings. The minimum atomic E-state index is -0.256. The van der Waals surface area contributed by atoms with E-state index in [0.29, 0.717) is 5.75 Å². The van der Waals surface area contributed by atoms with E-state index in [4.69, 9.17) is 4.74 Å². The maximum atomic E-state index is 13.4. The second-order valence-corrected chi connectivity index (χ2v) is 4.13. The van der Waals surface area contributed by atoms with E-state index in [0.717, 1.165) is 18.4 Å². The summed E-state index contributed by atoms with van der Waals surface area (Å²) in [6.45, 7) is 2.21. The molecule has 0 aromatic heterocycles. The van der Waals surface area contributed by atoms with Crippen LogP contribution in [0.25, 0.3) is 0 Å². The first kappa shape index (κ1) is 13.0. The first-order valence-electron chi connectivity index (χ1n) is 6.10. The molecule has 0 aliphatic carbocycles. The topological polar surface area (TPSA) is 9.23 Å². The van der Waals surface area contributed by atoms with Crippen LogP contribution in [0.4, 0.5) is 4.39 Å². The van der Waals surface area contributed by atoms with Crippen LogP contribution in [0.15, 0.2) is 18.2 Å². The third-order valence-corrected chi connectivity index (χ3v) is 2.79. The Morgan fingerprint density at radius 3 is 2.50 bits per heavy atom. The van der Waals surface area contributed by atoms with Crippen molar-refractivity contribution in [1.82, 2.24) is 0 Å². The molecule has 90 valence electrons. The Morgan fingerprint density at radius 1 is 1.12 bits per heavy atom. The van der Waals surface area contributed by atoms with Gasteiger partial charge in [0.15, 0.2) is 11.6 Å². The number of rotatable bonds is 7. The lowest BCUT2D eigenvalue weighted by atomic mass is 10.1. The van der Waals surface area contributed by atoms with Gasteiger partial charge in [0.25, 0.3) is 0 Å².